The molecule has 1 aliphatic carbocycles. The molecule has 3 aromatic carbocycles. The second-order valence-electron chi connectivity index (χ2n) is 8.88. The van der Waals surface area contributed by atoms with E-state index in [4.69, 9.17) is 0 Å². The van der Waals surface area contributed by atoms with Crippen LogP contribution in [-0.4, -0.2) is 23.3 Å². The van der Waals surface area contributed by atoms with Crippen molar-refractivity contribution in [1.82, 2.24) is 0 Å². The molecule has 176 valence electrons. The largest absolute Gasteiger partial charge is 0.379 e. The van der Waals surface area contributed by atoms with E-state index >= 15 is 0 Å². The fraction of sp³-hybridized carbons (Fsp3) is 0.214. The van der Waals surface area contributed by atoms with Crippen molar-refractivity contribution >= 4 is 28.9 Å². The highest BCUT2D eigenvalue weighted by atomic mass is 16.6. The maximum atomic E-state index is 12.9. The summed E-state index contributed by atoms with van der Waals surface area (Å²) in [5, 5.41) is 15.2. The molecule has 0 bridgehead atoms. The van der Waals surface area contributed by atoms with Crippen LogP contribution in [0, 0.1) is 22.0 Å². The zero-order valence-electron chi connectivity index (χ0n) is 19.0. The number of hydrogen-bond acceptors (Lipinski definition) is 5. The van der Waals surface area contributed by atoms with Crippen molar-refractivity contribution in [1.29, 1.82) is 0 Å². The summed E-state index contributed by atoms with van der Waals surface area (Å²) in [4.78, 5) is 38.5. The van der Waals surface area contributed by atoms with Gasteiger partial charge in [-0.2, -0.15) is 0 Å². The molecular formula is C28H25N3O4. The minimum atomic E-state index is -0.481. The molecular weight excluding hydrogens is 442 g/mol. The van der Waals surface area contributed by atoms with Crippen LogP contribution in [0.3, 0.4) is 0 Å². The summed E-state index contributed by atoms with van der Waals surface area (Å²) in [5.74, 6) is -1.36. The number of fused-ring (bicyclic) bond motifs is 1. The first-order valence-corrected chi connectivity index (χ1v) is 11.7. The van der Waals surface area contributed by atoms with Crippen molar-refractivity contribution < 1.29 is 14.5 Å². The normalized spacial score (nSPS) is 19.2. The second kappa shape index (κ2) is 9.54. The van der Waals surface area contributed by atoms with E-state index < -0.39 is 4.92 Å². The number of amides is 2. The summed E-state index contributed by atoms with van der Waals surface area (Å²) in [6, 6.07) is 24.5. The fourth-order valence-corrected chi connectivity index (χ4v) is 5.03. The summed E-state index contributed by atoms with van der Waals surface area (Å²) in [7, 11) is 0. The molecule has 0 aromatic heterocycles. The van der Waals surface area contributed by atoms with Gasteiger partial charge in [0.2, 0.25) is 11.8 Å². The Hall–Kier alpha value is -4.26. The quantitative estimate of drug-likeness (QED) is 0.220. The van der Waals surface area contributed by atoms with Crippen molar-refractivity contribution in [3.63, 3.8) is 0 Å². The van der Waals surface area contributed by atoms with Gasteiger partial charge in [0.25, 0.3) is 5.69 Å². The molecule has 0 unspecified atom stereocenters. The molecule has 7 heteroatoms. The molecule has 3 aromatic rings. The first-order chi connectivity index (χ1) is 17.0. The van der Waals surface area contributed by atoms with Crippen LogP contribution >= 0.6 is 0 Å². The molecule has 1 saturated heterocycles. The lowest BCUT2D eigenvalue weighted by molar-refractivity contribution is -0.383. The molecule has 0 spiro atoms. The van der Waals surface area contributed by atoms with E-state index in [0.29, 0.717) is 25.1 Å². The van der Waals surface area contributed by atoms with Crippen LogP contribution in [-0.2, 0) is 9.59 Å². The van der Waals surface area contributed by atoms with Gasteiger partial charge in [0.1, 0.15) is 5.69 Å². The Morgan fingerprint density at radius 3 is 1.91 bits per heavy atom. The third-order valence-corrected chi connectivity index (χ3v) is 6.84. The minimum Gasteiger partial charge on any atom is -0.379 e. The molecule has 2 aliphatic rings. The summed E-state index contributed by atoms with van der Waals surface area (Å²) >= 11 is 0. The van der Waals surface area contributed by atoms with Crippen molar-refractivity contribution in [2.45, 2.75) is 18.8 Å². The van der Waals surface area contributed by atoms with Gasteiger partial charge in [0.15, 0.2) is 0 Å². The Labute approximate surface area is 203 Å². The van der Waals surface area contributed by atoms with Gasteiger partial charge in [-0.05, 0) is 36.1 Å². The predicted molar refractivity (Wildman–Crippen MR) is 134 cm³/mol. The monoisotopic (exact) mass is 467 g/mol. The third kappa shape index (κ3) is 4.33. The SMILES string of the molecule is O=C1[C@H]2CC=CC[C@@H]2C(=O)N1c1ccc(NCC(c2ccccc2)c2ccccc2)c([N+](=O)[O-])c1. The summed E-state index contributed by atoms with van der Waals surface area (Å²) in [6.45, 7) is 0.436. The van der Waals surface area contributed by atoms with E-state index in [1.807, 2.05) is 72.8 Å². The van der Waals surface area contributed by atoms with E-state index in [2.05, 4.69) is 5.32 Å². The number of anilines is 2. The van der Waals surface area contributed by atoms with E-state index in [9.17, 15) is 19.7 Å². The van der Waals surface area contributed by atoms with Crippen molar-refractivity contribution in [3.05, 3.63) is 112 Å². The molecule has 0 radical (unpaired) electrons. The molecule has 2 amide bonds. The highest BCUT2D eigenvalue weighted by Crippen LogP contribution is 2.40. The van der Waals surface area contributed by atoms with Crippen LogP contribution in [0.1, 0.15) is 29.9 Å². The number of nitrogens with one attached hydrogen (secondary N) is 1. The van der Waals surface area contributed by atoms with Gasteiger partial charge in [-0.3, -0.25) is 19.7 Å². The molecule has 1 heterocycles. The average molecular weight is 468 g/mol. The van der Waals surface area contributed by atoms with Crippen LogP contribution in [0.25, 0.3) is 0 Å². The van der Waals surface area contributed by atoms with Crippen LogP contribution in [0.15, 0.2) is 91.0 Å². The number of rotatable bonds is 7. The Balaban J connectivity index is 1.42. The number of nitrogens with zero attached hydrogens (tertiary/aromatic N) is 2. The number of nitro groups is 1. The fourth-order valence-electron chi connectivity index (χ4n) is 5.03. The molecule has 1 fully saturated rings. The number of nitro benzene ring substituents is 1. The molecule has 0 saturated carbocycles. The lowest BCUT2D eigenvalue weighted by atomic mass is 9.85. The summed E-state index contributed by atoms with van der Waals surface area (Å²) in [5.41, 5.74) is 2.60. The van der Waals surface area contributed by atoms with Crippen LogP contribution in [0.4, 0.5) is 17.1 Å². The highest BCUT2D eigenvalue weighted by Gasteiger charge is 2.48. The molecule has 35 heavy (non-hydrogen) atoms. The van der Waals surface area contributed by atoms with Gasteiger partial charge in [-0.1, -0.05) is 72.8 Å². The maximum Gasteiger partial charge on any atom is 0.294 e. The number of imide groups is 1. The molecule has 7 nitrogen and oxygen atoms in total. The van der Waals surface area contributed by atoms with Crippen LogP contribution in [0.5, 0.6) is 0 Å². The topological polar surface area (TPSA) is 92.6 Å². The zero-order chi connectivity index (χ0) is 24.4. The lowest BCUT2D eigenvalue weighted by Gasteiger charge is -2.20. The molecule has 5 rings (SSSR count). The Kier molecular flexibility index (Phi) is 6.14. The van der Waals surface area contributed by atoms with Crippen molar-refractivity contribution in [2.75, 3.05) is 16.8 Å². The number of benzene rings is 3. The van der Waals surface area contributed by atoms with Gasteiger partial charge in [-0.15, -0.1) is 0 Å². The van der Waals surface area contributed by atoms with Gasteiger partial charge < -0.3 is 5.32 Å². The van der Waals surface area contributed by atoms with Crippen LogP contribution < -0.4 is 10.2 Å². The van der Waals surface area contributed by atoms with Crippen molar-refractivity contribution in [2.24, 2.45) is 11.8 Å². The molecule has 1 N–H and O–H groups in total. The number of carbonyl (C=O) groups is 2. The summed E-state index contributed by atoms with van der Waals surface area (Å²) < 4.78 is 0. The van der Waals surface area contributed by atoms with Crippen molar-refractivity contribution in [3.8, 4) is 0 Å². The highest BCUT2D eigenvalue weighted by molar-refractivity contribution is 6.22. The Bertz CT molecular complexity index is 1220. The number of carbonyl (C=O) groups excluding carboxylic acids is 2. The van der Waals surface area contributed by atoms with Gasteiger partial charge in [-0.25, -0.2) is 4.90 Å². The first kappa shape index (κ1) is 22.5. The summed E-state index contributed by atoms with van der Waals surface area (Å²) in [6.07, 6.45) is 4.88. The zero-order valence-corrected chi connectivity index (χ0v) is 19.0. The second-order valence-corrected chi connectivity index (χ2v) is 8.88. The number of allylic oxidation sites excluding steroid dienone is 2. The average Bonchev–Trinajstić information content (AvgIpc) is 3.15. The molecule has 2 atom stereocenters. The third-order valence-electron chi connectivity index (χ3n) is 6.84. The maximum absolute atomic E-state index is 12.9. The minimum absolute atomic E-state index is 0.0194. The number of hydrogen-bond donors (Lipinski definition) is 1. The lowest BCUT2D eigenvalue weighted by Crippen LogP contribution is -2.31. The van der Waals surface area contributed by atoms with E-state index in [0.717, 1.165) is 16.0 Å². The van der Waals surface area contributed by atoms with E-state index in [-0.39, 0.29) is 40.9 Å². The van der Waals surface area contributed by atoms with E-state index in [1.54, 1.807) is 12.1 Å². The van der Waals surface area contributed by atoms with Gasteiger partial charge >= 0.3 is 0 Å². The predicted octanol–water partition coefficient (Wildman–Crippen LogP) is 5.29. The van der Waals surface area contributed by atoms with Gasteiger partial charge in [0.05, 0.1) is 22.4 Å². The molecule has 1 aliphatic heterocycles. The smallest absolute Gasteiger partial charge is 0.294 e. The van der Waals surface area contributed by atoms with Crippen LogP contribution in [0.2, 0.25) is 0 Å². The standard InChI is InChI=1S/C28H25N3O4/c32-27-22-13-7-8-14-23(22)28(33)30(27)21-15-16-25(26(17-21)31(34)35)29-18-24(19-9-3-1-4-10-19)20-11-5-2-6-12-20/h1-12,15-17,22-24,29H,13-14,18H2/t22-,23-/m0/s1. The Morgan fingerprint density at radius 1 is 0.857 bits per heavy atom. The first-order valence-electron chi connectivity index (χ1n) is 11.7. The van der Waals surface area contributed by atoms with E-state index in [1.165, 1.54) is 6.07 Å². The van der Waals surface area contributed by atoms with Gasteiger partial charge in [0, 0.05) is 18.5 Å². The Morgan fingerprint density at radius 2 is 1.40 bits per heavy atom.